The summed E-state index contributed by atoms with van der Waals surface area (Å²) in [5.41, 5.74) is 1.96. The van der Waals surface area contributed by atoms with Crippen molar-refractivity contribution in [2.75, 3.05) is 7.11 Å². The monoisotopic (exact) mass is 272 g/mol. The van der Waals surface area contributed by atoms with E-state index in [-0.39, 0.29) is 6.61 Å². The number of aliphatic hydroxyl groups is 1. The van der Waals surface area contributed by atoms with E-state index in [9.17, 15) is 4.79 Å². The predicted octanol–water partition coefficient (Wildman–Crippen LogP) is 2.54. The molecule has 0 aromatic heterocycles. The van der Waals surface area contributed by atoms with Crippen molar-refractivity contribution in [3.63, 3.8) is 0 Å². The molecule has 0 aliphatic rings. The van der Waals surface area contributed by atoms with Crippen molar-refractivity contribution < 1.29 is 19.4 Å². The molecule has 2 rings (SSSR count). The van der Waals surface area contributed by atoms with Crippen molar-refractivity contribution in [2.45, 2.75) is 13.2 Å². The van der Waals surface area contributed by atoms with Crippen molar-refractivity contribution >= 4 is 5.97 Å². The van der Waals surface area contributed by atoms with E-state index in [1.807, 2.05) is 30.3 Å². The number of carbonyl (C=O) groups excluding carboxylic acids is 1. The summed E-state index contributed by atoms with van der Waals surface area (Å²) in [6, 6.07) is 14.6. The molecule has 0 aliphatic heterocycles. The Balaban J connectivity index is 2.20. The van der Waals surface area contributed by atoms with Gasteiger partial charge in [-0.3, -0.25) is 0 Å². The minimum Gasteiger partial charge on any atom is -0.488 e. The molecule has 0 fully saturated rings. The third-order valence-electron chi connectivity index (χ3n) is 2.87. The Morgan fingerprint density at radius 1 is 1.10 bits per heavy atom. The normalized spacial score (nSPS) is 10.1. The van der Waals surface area contributed by atoms with Gasteiger partial charge in [-0.05, 0) is 23.3 Å². The number of methoxy groups -OCH3 is 1. The summed E-state index contributed by atoms with van der Waals surface area (Å²) in [7, 11) is 1.31. The number of hydrogen-bond donors (Lipinski definition) is 1. The highest BCUT2D eigenvalue weighted by Crippen LogP contribution is 2.22. The van der Waals surface area contributed by atoms with Crippen molar-refractivity contribution in [3.05, 3.63) is 65.2 Å². The number of carbonyl (C=O) groups is 1. The van der Waals surface area contributed by atoms with Crippen LogP contribution in [-0.2, 0) is 18.0 Å². The molecule has 4 heteroatoms. The third kappa shape index (κ3) is 3.36. The van der Waals surface area contributed by atoms with Crippen LogP contribution in [0.4, 0.5) is 0 Å². The minimum atomic E-state index is -0.483. The molecule has 0 saturated heterocycles. The average molecular weight is 272 g/mol. The summed E-state index contributed by atoms with van der Waals surface area (Å²) < 4.78 is 10.4. The molecule has 0 saturated carbocycles. The first-order valence-electron chi connectivity index (χ1n) is 6.23. The maximum Gasteiger partial charge on any atom is 0.341 e. The fourth-order valence-corrected chi connectivity index (χ4v) is 1.81. The summed E-state index contributed by atoms with van der Waals surface area (Å²) in [5, 5.41) is 9.12. The number of aliphatic hydroxyl groups excluding tert-OH is 1. The number of benzene rings is 2. The minimum absolute atomic E-state index is 0.136. The highest BCUT2D eigenvalue weighted by molar-refractivity contribution is 5.92. The van der Waals surface area contributed by atoms with Gasteiger partial charge in [-0.2, -0.15) is 0 Å². The lowest BCUT2D eigenvalue weighted by Crippen LogP contribution is -2.07. The van der Waals surface area contributed by atoms with Crippen LogP contribution in [-0.4, -0.2) is 18.2 Å². The van der Waals surface area contributed by atoms with Crippen LogP contribution in [0.2, 0.25) is 0 Å². The van der Waals surface area contributed by atoms with E-state index in [1.54, 1.807) is 18.2 Å². The Morgan fingerprint density at radius 3 is 2.50 bits per heavy atom. The van der Waals surface area contributed by atoms with Crippen LogP contribution in [0.1, 0.15) is 21.5 Å². The predicted molar refractivity (Wildman–Crippen MR) is 74.5 cm³/mol. The van der Waals surface area contributed by atoms with Crippen LogP contribution < -0.4 is 4.74 Å². The molecule has 0 spiro atoms. The van der Waals surface area contributed by atoms with Gasteiger partial charge in [0.15, 0.2) is 0 Å². The van der Waals surface area contributed by atoms with E-state index >= 15 is 0 Å². The first kappa shape index (κ1) is 14.1. The second kappa shape index (κ2) is 6.73. The van der Waals surface area contributed by atoms with E-state index in [0.29, 0.717) is 23.5 Å². The molecule has 0 aliphatic carbocycles. The number of esters is 1. The zero-order valence-corrected chi connectivity index (χ0v) is 11.2. The second-order valence-corrected chi connectivity index (χ2v) is 4.25. The largest absolute Gasteiger partial charge is 0.488 e. The Morgan fingerprint density at radius 2 is 1.85 bits per heavy atom. The van der Waals surface area contributed by atoms with Crippen LogP contribution >= 0.6 is 0 Å². The number of ether oxygens (including phenoxy) is 2. The number of rotatable bonds is 5. The molecule has 0 radical (unpaired) electrons. The van der Waals surface area contributed by atoms with E-state index in [2.05, 4.69) is 0 Å². The Labute approximate surface area is 117 Å². The SMILES string of the molecule is COC(=O)c1cc(CO)ccc1OCc1ccccc1. The zero-order valence-electron chi connectivity index (χ0n) is 11.2. The molecule has 104 valence electrons. The summed E-state index contributed by atoms with van der Waals surface area (Å²) in [4.78, 5) is 11.7. The van der Waals surface area contributed by atoms with Crippen LogP contribution in [0.3, 0.4) is 0 Å². The topological polar surface area (TPSA) is 55.8 Å². The highest BCUT2D eigenvalue weighted by Gasteiger charge is 2.14. The molecule has 20 heavy (non-hydrogen) atoms. The zero-order chi connectivity index (χ0) is 14.4. The van der Waals surface area contributed by atoms with Gasteiger partial charge in [0.05, 0.1) is 13.7 Å². The molecule has 0 bridgehead atoms. The Hall–Kier alpha value is -2.33. The van der Waals surface area contributed by atoms with Gasteiger partial charge in [-0.25, -0.2) is 4.79 Å². The standard InChI is InChI=1S/C16H16O4/c1-19-16(18)14-9-13(10-17)7-8-15(14)20-11-12-5-3-2-4-6-12/h2-9,17H,10-11H2,1H3. The highest BCUT2D eigenvalue weighted by atomic mass is 16.5. The fourth-order valence-electron chi connectivity index (χ4n) is 1.81. The van der Waals surface area contributed by atoms with Gasteiger partial charge < -0.3 is 14.6 Å². The van der Waals surface area contributed by atoms with Gasteiger partial charge in [0.25, 0.3) is 0 Å². The van der Waals surface area contributed by atoms with E-state index in [0.717, 1.165) is 5.56 Å². The average Bonchev–Trinajstić information content (AvgIpc) is 2.53. The van der Waals surface area contributed by atoms with Gasteiger partial charge in [0.1, 0.15) is 17.9 Å². The number of hydrogen-bond acceptors (Lipinski definition) is 4. The van der Waals surface area contributed by atoms with Crippen molar-refractivity contribution in [1.29, 1.82) is 0 Å². The summed E-state index contributed by atoms with van der Waals surface area (Å²) in [6.07, 6.45) is 0. The molecular weight excluding hydrogens is 256 g/mol. The fraction of sp³-hybridized carbons (Fsp3) is 0.188. The Kier molecular flexibility index (Phi) is 4.74. The molecule has 1 N–H and O–H groups in total. The van der Waals surface area contributed by atoms with Crippen molar-refractivity contribution in [3.8, 4) is 5.75 Å². The van der Waals surface area contributed by atoms with Crippen molar-refractivity contribution in [2.24, 2.45) is 0 Å². The quantitative estimate of drug-likeness (QED) is 0.850. The van der Waals surface area contributed by atoms with E-state index in [1.165, 1.54) is 7.11 Å². The smallest absolute Gasteiger partial charge is 0.341 e. The lowest BCUT2D eigenvalue weighted by molar-refractivity contribution is 0.0595. The second-order valence-electron chi connectivity index (χ2n) is 4.25. The molecular formula is C16H16O4. The molecule has 0 atom stereocenters. The summed E-state index contributed by atoms with van der Waals surface area (Å²) in [5.74, 6) is -0.0405. The van der Waals surface area contributed by atoms with Gasteiger partial charge in [0, 0.05) is 0 Å². The maximum atomic E-state index is 11.7. The molecule has 2 aromatic rings. The summed E-state index contributed by atoms with van der Waals surface area (Å²) >= 11 is 0. The van der Waals surface area contributed by atoms with Crippen LogP contribution in [0, 0.1) is 0 Å². The molecule has 0 amide bonds. The molecule has 4 nitrogen and oxygen atoms in total. The summed E-state index contributed by atoms with van der Waals surface area (Å²) in [6.45, 7) is 0.228. The lowest BCUT2D eigenvalue weighted by atomic mass is 10.1. The molecule has 2 aromatic carbocycles. The Bertz CT molecular complexity index is 578. The molecule has 0 heterocycles. The van der Waals surface area contributed by atoms with Gasteiger partial charge in [0.2, 0.25) is 0 Å². The van der Waals surface area contributed by atoms with Crippen LogP contribution in [0.5, 0.6) is 5.75 Å². The van der Waals surface area contributed by atoms with Crippen molar-refractivity contribution in [1.82, 2.24) is 0 Å². The van der Waals surface area contributed by atoms with Crippen LogP contribution in [0.15, 0.2) is 48.5 Å². The van der Waals surface area contributed by atoms with E-state index in [4.69, 9.17) is 14.6 Å². The third-order valence-corrected chi connectivity index (χ3v) is 2.87. The van der Waals surface area contributed by atoms with Gasteiger partial charge >= 0.3 is 5.97 Å². The van der Waals surface area contributed by atoms with E-state index < -0.39 is 5.97 Å². The van der Waals surface area contributed by atoms with Crippen LogP contribution in [0.25, 0.3) is 0 Å². The van der Waals surface area contributed by atoms with Gasteiger partial charge in [-0.1, -0.05) is 36.4 Å². The molecule has 0 unspecified atom stereocenters. The maximum absolute atomic E-state index is 11.7. The lowest BCUT2D eigenvalue weighted by Gasteiger charge is -2.11. The first-order valence-corrected chi connectivity index (χ1v) is 6.23. The first-order chi connectivity index (χ1) is 9.74. The van der Waals surface area contributed by atoms with Gasteiger partial charge in [-0.15, -0.1) is 0 Å².